The van der Waals surface area contributed by atoms with E-state index in [1.54, 1.807) is 0 Å². The lowest BCUT2D eigenvalue weighted by atomic mass is 10.1. The molecule has 1 unspecified atom stereocenters. The molecule has 0 saturated carbocycles. The molecule has 1 N–H and O–H groups in total. The van der Waals surface area contributed by atoms with Gasteiger partial charge in [-0.25, -0.2) is 4.98 Å². The summed E-state index contributed by atoms with van der Waals surface area (Å²) in [4.78, 5) is 7.33. The highest BCUT2D eigenvalue weighted by Gasteiger charge is 2.23. The molecule has 0 aliphatic carbocycles. The fourth-order valence-electron chi connectivity index (χ4n) is 2.70. The summed E-state index contributed by atoms with van der Waals surface area (Å²) in [6.07, 6.45) is 1.09. The average Bonchev–Trinajstić information content (AvgIpc) is 2.52. The molecule has 4 heteroatoms. The van der Waals surface area contributed by atoms with E-state index in [2.05, 4.69) is 50.0 Å². The minimum atomic E-state index is 0.445. The fraction of sp³-hybridized carbons (Fsp3) is 0.706. The molecule has 2 rings (SSSR count). The number of aromatic nitrogens is 1. The zero-order valence-electron chi connectivity index (χ0n) is 13.9. The number of hydrogen-bond acceptors (Lipinski definition) is 4. The summed E-state index contributed by atoms with van der Waals surface area (Å²) in [7, 11) is 0. The van der Waals surface area contributed by atoms with Gasteiger partial charge in [0.1, 0.15) is 5.82 Å². The first kappa shape index (κ1) is 16.2. The van der Waals surface area contributed by atoms with Gasteiger partial charge in [0, 0.05) is 18.8 Å². The third kappa shape index (κ3) is 4.17. The summed E-state index contributed by atoms with van der Waals surface area (Å²) in [5.74, 6) is 1.57. The van der Waals surface area contributed by atoms with Crippen molar-refractivity contribution in [2.24, 2.45) is 0 Å². The normalized spacial score (nSPS) is 19.3. The largest absolute Gasteiger partial charge is 0.377 e. The molecule has 1 fully saturated rings. The molecule has 1 atom stereocenters. The van der Waals surface area contributed by atoms with Crippen LogP contribution in [0.4, 0.5) is 5.82 Å². The van der Waals surface area contributed by atoms with Gasteiger partial charge in [-0.1, -0.05) is 27.7 Å². The van der Waals surface area contributed by atoms with E-state index in [1.165, 1.54) is 11.3 Å². The van der Waals surface area contributed by atoms with E-state index in [9.17, 15) is 0 Å². The molecule has 1 aromatic rings. The van der Waals surface area contributed by atoms with Crippen LogP contribution in [0.15, 0.2) is 12.1 Å². The molecule has 0 bridgehead atoms. The Kier molecular flexibility index (Phi) is 6.00. The predicted octanol–water partition coefficient (Wildman–Crippen LogP) is 2.93. The molecule has 1 saturated heterocycles. The molecule has 1 aliphatic heterocycles. The van der Waals surface area contributed by atoms with Gasteiger partial charge in [0.05, 0.1) is 19.3 Å². The van der Waals surface area contributed by atoms with E-state index in [1.807, 2.05) is 0 Å². The van der Waals surface area contributed by atoms with E-state index in [0.29, 0.717) is 12.0 Å². The summed E-state index contributed by atoms with van der Waals surface area (Å²) in [5.41, 5.74) is 2.51. The van der Waals surface area contributed by atoms with Crippen LogP contribution >= 0.6 is 0 Å². The minimum Gasteiger partial charge on any atom is -0.377 e. The van der Waals surface area contributed by atoms with Crippen molar-refractivity contribution in [2.45, 2.75) is 52.6 Å². The summed E-state index contributed by atoms with van der Waals surface area (Å²) < 4.78 is 5.62. The highest BCUT2D eigenvalue weighted by molar-refractivity contribution is 5.45. The molecule has 0 amide bonds. The fourth-order valence-corrected chi connectivity index (χ4v) is 2.70. The SMILES string of the molecule is CCNCc1cc(C(C)C)nc(N2CCOCC2CC)c1. The van der Waals surface area contributed by atoms with Crippen LogP contribution in [0.1, 0.15) is 51.3 Å². The van der Waals surface area contributed by atoms with Crippen molar-refractivity contribution in [2.75, 3.05) is 31.2 Å². The highest BCUT2D eigenvalue weighted by atomic mass is 16.5. The second kappa shape index (κ2) is 7.76. The van der Waals surface area contributed by atoms with E-state index in [-0.39, 0.29) is 0 Å². The van der Waals surface area contributed by atoms with Crippen LogP contribution in [0, 0.1) is 0 Å². The number of hydrogen-bond donors (Lipinski definition) is 1. The number of pyridine rings is 1. The molecule has 0 aromatic carbocycles. The van der Waals surface area contributed by atoms with Gasteiger partial charge >= 0.3 is 0 Å². The quantitative estimate of drug-likeness (QED) is 0.874. The molecule has 0 spiro atoms. The summed E-state index contributed by atoms with van der Waals surface area (Å²) in [6.45, 7) is 13.2. The summed E-state index contributed by atoms with van der Waals surface area (Å²) in [5, 5.41) is 3.42. The maximum Gasteiger partial charge on any atom is 0.129 e. The van der Waals surface area contributed by atoms with Crippen molar-refractivity contribution in [3.05, 3.63) is 23.4 Å². The number of morpholine rings is 1. The Morgan fingerprint density at radius 2 is 2.19 bits per heavy atom. The molecule has 21 heavy (non-hydrogen) atoms. The Bertz CT molecular complexity index is 448. The molecular weight excluding hydrogens is 262 g/mol. The standard InChI is InChI=1S/C17H29N3O/c1-5-15-12-21-8-7-20(15)17-10-14(11-18-6-2)9-16(19-17)13(3)4/h9-10,13,15,18H,5-8,11-12H2,1-4H3. The first-order valence-electron chi connectivity index (χ1n) is 8.21. The van der Waals surface area contributed by atoms with Crippen LogP contribution in [-0.4, -0.2) is 37.3 Å². The third-order valence-electron chi connectivity index (χ3n) is 4.06. The summed E-state index contributed by atoms with van der Waals surface area (Å²) >= 11 is 0. The van der Waals surface area contributed by atoms with E-state index < -0.39 is 0 Å². The van der Waals surface area contributed by atoms with E-state index in [0.717, 1.165) is 45.1 Å². The number of nitrogens with zero attached hydrogens (tertiary/aromatic N) is 2. The Labute approximate surface area is 128 Å². The summed E-state index contributed by atoms with van der Waals surface area (Å²) in [6, 6.07) is 4.92. The number of anilines is 1. The lowest BCUT2D eigenvalue weighted by molar-refractivity contribution is 0.0925. The highest BCUT2D eigenvalue weighted by Crippen LogP contribution is 2.24. The molecule has 118 valence electrons. The Morgan fingerprint density at radius 3 is 2.86 bits per heavy atom. The van der Waals surface area contributed by atoms with Crippen molar-refractivity contribution >= 4 is 5.82 Å². The predicted molar refractivity (Wildman–Crippen MR) is 88.0 cm³/mol. The van der Waals surface area contributed by atoms with E-state index >= 15 is 0 Å². The van der Waals surface area contributed by atoms with Crippen molar-refractivity contribution in [1.29, 1.82) is 0 Å². The Morgan fingerprint density at radius 1 is 1.38 bits per heavy atom. The number of rotatable bonds is 6. The average molecular weight is 291 g/mol. The van der Waals surface area contributed by atoms with E-state index in [4.69, 9.17) is 9.72 Å². The number of ether oxygens (including phenoxy) is 1. The first-order valence-corrected chi connectivity index (χ1v) is 8.21. The zero-order valence-corrected chi connectivity index (χ0v) is 13.9. The molecular formula is C17H29N3O. The smallest absolute Gasteiger partial charge is 0.129 e. The van der Waals surface area contributed by atoms with Crippen molar-refractivity contribution in [3.8, 4) is 0 Å². The second-order valence-corrected chi connectivity index (χ2v) is 6.02. The maximum absolute atomic E-state index is 5.62. The molecule has 1 aliphatic rings. The zero-order chi connectivity index (χ0) is 15.2. The van der Waals surface area contributed by atoms with Crippen molar-refractivity contribution in [3.63, 3.8) is 0 Å². The lowest BCUT2D eigenvalue weighted by Crippen LogP contribution is -2.45. The lowest BCUT2D eigenvalue weighted by Gasteiger charge is -2.36. The second-order valence-electron chi connectivity index (χ2n) is 6.02. The molecule has 4 nitrogen and oxygen atoms in total. The van der Waals surface area contributed by atoms with Gasteiger partial charge < -0.3 is 15.0 Å². The van der Waals surface area contributed by atoms with Crippen LogP contribution in [0.25, 0.3) is 0 Å². The Hall–Kier alpha value is -1.13. The van der Waals surface area contributed by atoms with Gasteiger partial charge in [-0.3, -0.25) is 0 Å². The van der Waals surface area contributed by atoms with Gasteiger partial charge in [-0.05, 0) is 36.6 Å². The monoisotopic (exact) mass is 291 g/mol. The maximum atomic E-state index is 5.62. The van der Waals surface area contributed by atoms with Gasteiger partial charge in [-0.2, -0.15) is 0 Å². The van der Waals surface area contributed by atoms with Crippen LogP contribution in [0.2, 0.25) is 0 Å². The van der Waals surface area contributed by atoms with Crippen LogP contribution < -0.4 is 10.2 Å². The van der Waals surface area contributed by atoms with Crippen LogP contribution in [0.3, 0.4) is 0 Å². The van der Waals surface area contributed by atoms with Gasteiger partial charge in [-0.15, -0.1) is 0 Å². The molecule has 0 radical (unpaired) electrons. The molecule has 2 heterocycles. The van der Waals surface area contributed by atoms with Crippen molar-refractivity contribution < 1.29 is 4.74 Å². The van der Waals surface area contributed by atoms with Crippen LogP contribution in [-0.2, 0) is 11.3 Å². The Balaban J connectivity index is 2.29. The molecule has 1 aromatic heterocycles. The van der Waals surface area contributed by atoms with Gasteiger partial charge in [0.2, 0.25) is 0 Å². The minimum absolute atomic E-state index is 0.445. The third-order valence-corrected chi connectivity index (χ3v) is 4.06. The van der Waals surface area contributed by atoms with Crippen LogP contribution in [0.5, 0.6) is 0 Å². The first-order chi connectivity index (χ1) is 10.2. The topological polar surface area (TPSA) is 37.4 Å². The number of nitrogens with one attached hydrogen (secondary N) is 1. The van der Waals surface area contributed by atoms with Gasteiger partial charge in [0.25, 0.3) is 0 Å². The van der Waals surface area contributed by atoms with Gasteiger partial charge in [0.15, 0.2) is 0 Å². The van der Waals surface area contributed by atoms with Crippen molar-refractivity contribution in [1.82, 2.24) is 10.3 Å².